The third-order valence-corrected chi connectivity index (χ3v) is 3.34. The maximum Gasteiger partial charge on any atom is 0.265 e. The van der Waals surface area contributed by atoms with Gasteiger partial charge in [-0.25, -0.2) is 0 Å². The minimum atomic E-state index is -0.587. The smallest absolute Gasteiger partial charge is 0.265 e. The predicted molar refractivity (Wildman–Crippen MR) is 86.0 cm³/mol. The summed E-state index contributed by atoms with van der Waals surface area (Å²) in [4.78, 5) is 12.1. The molecule has 2 aromatic rings. The minimum Gasteiger partial charge on any atom is -0.481 e. The number of carbonyl (C=O) groups excluding carboxylic acids is 1. The van der Waals surface area contributed by atoms with Crippen LogP contribution < -0.4 is 10.1 Å². The van der Waals surface area contributed by atoms with E-state index in [1.54, 1.807) is 31.2 Å². The lowest BCUT2D eigenvalue weighted by molar-refractivity contribution is -0.122. The number of benzene rings is 2. The molecule has 4 heteroatoms. The van der Waals surface area contributed by atoms with Gasteiger partial charge < -0.3 is 10.1 Å². The molecule has 0 bridgehead atoms. The number of carbonyl (C=O) groups is 1. The summed E-state index contributed by atoms with van der Waals surface area (Å²) >= 11 is 5.88. The average molecular weight is 304 g/mol. The van der Waals surface area contributed by atoms with Gasteiger partial charge in [-0.05, 0) is 49.2 Å². The number of hydrogen-bond donors (Lipinski definition) is 1. The summed E-state index contributed by atoms with van der Waals surface area (Å²) in [6, 6.07) is 14.8. The van der Waals surface area contributed by atoms with Gasteiger partial charge in [0.15, 0.2) is 6.10 Å². The van der Waals surface area contributed by atoms with Gasteiger partial charge in [-0.2, -0.15) is 0 Å². The van der Waals surface area contributed by atoms with Gasteiger partial charge in [-0.15, -0.1) is 0 Å². The molecule has 0 fully saturated rings. The lowest BCUT2D eigenvalue weighted by atomic mass is 10.2. The van der Waals surface area contributed by atoms with Crippen LogP contribution in [0.4, 0.5) is 5.69 Å². The summed E-state index contributed by atoms with van der Waals surface area (Å²) < 4.78 is 5.63. The lowest BCUT2D eigenvalue weighted by Crippen LogP contribution is -2.30. The summed E-state index contributed by atoms with van der Waals surface area (Å²) in [5.74, 6) is 0.470. The van der Waals surface area contributed by atoms with E-state index in [0.29, 0.717) is 16.5 Å². The zero-order valence-electron chi connectivity index (χ0n) is 12.1. The van der Waals surface area contributed by atoms with Crippen LogP contribution in [0.1, 0.15) is 19.4 Å². The van der Waals surface area contributed by atoms with E-state index >= 15 is 0 Å². The monoisotopic (exact) mass is 303 g/mol. The van der Waals surface area contributed by atoms with Crippen molar-refractivity contribution in [2.75, 3.05) is 5.32 Å². The summed E-state index contributed by atoms with van der Waals surface area (Å²) in [5, 5.41) is 3.36. The number of nitrogens with one attached hydrogen (secondary N) is 1. The Labute approximate surface area is 129 Å². The van der Waals surface area contributed by atoms with Gasteiger partial charge >= 0.3 is 0 Å². The molecular formula is C17H18ClNO2. The molecule has 2 rings (SSSR count). The molecule has 0 aliphatic heterocycles. The van der Waals surface area contributed by atoms with Gasteiger partial charge in [-0.3, -0.25) is 4.79 Å². The number of hydrogen-bond acceptors (Lipinski definition) is 2. The largest absolute Gasteiger partial charge is 0.481 e. The third-order valence-electron chi connectivity index (χ3n) is 3.11. The molecule has 0 radical (unpaired) electrons. The highest BCUT2D eigenvalue weighted by Crippen LogP contribution is 2.17. The normalized spacial score (nSPS) is 11.8. The molecule has 1 atom stereocenters. The topological polar surface area (TPSA) is 38.3 Å². The first-order chi connectivity index (χ1) is 10.1. The summed E-state index contributed by atoms with van der Waals surface area (Å²) in [6.07, 6.45) is 0.391. The molecule has 2 aromatic carbocycles. The fourth-order valence-corrected chi connectivity index (χ4v) is 2.06. The number of amides is 1. The molecule has 1 amide bonds. The van der Waals surface area contributed by atoms with Crippen molar-refractivity contribution in [2.24, 2.45) is 0 Å². The highest BCUT2D eigenvalue weighted by Gasteiger charge is 2.14. The molecule has 0 spiro atoms. The number of ether oxygens (including phenoxy) is 1. The van der Waals surface area contributed by atoms with E-state index in [2.05, 4.69) is 12.2 Å². The predicted octanol–water partition coefficient (Wildman–Crippen LogP) is 4.31. The zero-order valence-corrected chi connectivity index (χ0v) is 12.9. The van der Waals surface area contributed by atoms with Gasteiger partial charge in [0.05, 0.1) is 0 Å². The molecule has 0 saturated carbocycles. The minimum absolute atomic E-state index is 0.211. The second kappa shape index (κ2) is 7.14. The van der Waals surface area contributed by atoms with Gasteiger partial charge in [0, 0.05) is 10.7 Å². The molecule has 3 nitrogen and oxygen atoms in total. The Bertz CT molecular complexity index is 610. The summed E-state index contributed by atoms with van der Waals surface area (Å²) in [7, 11) is 0. The molecule has 0 heterocycles. The van der Waals surface area contributed by atoms with Gasteiger partial charge in [0.25, 0.3) is 5.91 Å². The Hall–Kier alpha value is -2.00. The van der Waals surface area contributed by atoms with Crippen molar-refractivity contribution in [3.63, 3.8) is 0 Å². The molecule has 0 aliphatic carbocycles. The Morgan fingerprint density at radius 2 is 1.95 bits per heavy atom. The maximum absolute atomic E-state index is 12.1. The SMILES string of the molecule is CCc1ccc(OC(C)C(=O)Nc2cccc(Cl)c2)cc1. The Morgan fingerprint density at radius 3 is 2.57 bits per heavy atom. The van der Waals surface area contributed by atoms with Crippen LogP contribution >= 0.6 is 11.6 Å². The first kappa shape index (κ1) is 15.4. The van der Waals surface area contributed by atoms with E-state index in [1.807, 2.05) is 24.3 Å². The van der Waals surface area contributed by atoms with Crippen LogP contribution in [-0.4, -0.2) is 12.0 Å². The van der Waals surface area contributed by atoms with Crippen molar-refractivity contribution in [2.45, 2.75) is 26.4 Å². The second-order valence-electron chi connectivity index (χ2n) is 4.76. The zero-order chi connectivity index (χ0) is 15.2. The fraction of sp³-hybridized carbons (Fsp3) is 0.235. The van der Waals surface area contributed by atoms with Crippen molar-refractivity contribution >= 4 is 23.2 Å². The Kier molecular flexibility index (Phi) is 5.23. The Morgan fingerprint density at radius 1 is 1.24 bits per heavy atom. The summed E-state index contributed by atoms with van der Waals surface area (Å²) in [5.41, 5.74) is 1.89. The molecule has 0 aromatic heterocycles. The quantitative estimate of drug-likeness (QED) is 0.894. The second-order valence-corrected chi connectivity index (χ2v) is 5.19. The highest BCUT2D eigenvalue weighted by molar-refractivity contribution is 6.30. The highest BCUT2D eigenvalue weighted by atomic mass is 35.5. The molecule has 21 heavy (non-hydrogen) atoms. The van der Waals surface area contributed by atoms with E-state index in [0.717, 1.165) is 6.42 Å². The molecule has 1 N–H and O–H groups in total. The van der Waals surface area contributed by atoms with Crippen molar-refractivity contribution < 1.29 is 9.53 Å². The number of halogens is 1. The third kappa shape index (κ3) is 4.50. The van der Waals surface area contributed by atoms with Gasteiger partial charge in [0.1, 0.15) is 5.75 Å². The van der Waals surface area contributed by atoms with Crippen molar-refractivity contribution in [1.82, 2.24) is 0 Å². The van der Waals surface area contributed by atoms with E-state index in [1.165, 1.54) is 5.56 Å². The van der Waals surface area contributed by atoms with Gasteiger partial charge in [0.2, 0.25) is 0 Å². The molecule has 110 valence electrons. The van der Waals surface area contributed by atoms with Crippen LogP contribution in [-0.2, 0) is 11.2 Å². The van der Waals surface area contributed by atoms with Gasteiger partial charge in [-0.1, -0.05) is 36.7 Å². The van der Waals surface area contributed by atoms with E-state index in [4.69, 9.17) is 16.3 Å². The van der Waals surface area contributed by atoms with Crippen LogP contribution in [0.3, 0.4) is 0 Å². The standard InChI is InChI=1S/C17H18ClNO2/c1-3-13-7-9-16(10-8-13)21-12(2)17(20)19-15-6-4-5-14(18)11-15/h4-12H,3H2,1-2H3,(H,19,20). The molecule has 0 saturated heterocycles. The lowest BCUT2D eigenvalue weighted by Gasteiger charge is -2.15. The van der Waals surface area contributed by atoms with Crippen LogP contribution in [0.5, 0.6) is 5.75 Å². The maximum atomic E-state index is 12.1. The average Bonchev–Trinajstić information content (AvgIpc) is 2.48. The fourth-order valence-electron chi connectivity index (χ4n) is 1.87. The Balaban J connectivity index is 1.95. The number of aryl methyl sites for hydroxylation is 1. The molecular weight excluding hydrogens is 286 g/mol. The van der Waals surface area contributed by atoms with E-state index in [-0.39, 0.29) is 5.91 Å². The number of anilines is 1. The molecule has 1 unspecified atom stereocenters. The van der Waals surface area contributed by atoms with Crippen LogP contribution in [0.2, 0.25) is 5.02 Å². The molecule has 0 aliphatic rings. The summed E-state index contributed by atoms with van der Waals surface area (Å²) in [6.45, 7) is 3.81. The van der Waals surface area contributed by atoms with Crippen LogP contribution in [0, 0.1) is 0 Å². The van der Waals surface area contributed by atoms with Crippen molar-refractivity contribution in [1.29, 1.82) is 0 Å². The van der Waals surface area contributed by atoms with E-state index < -0.39 is 6.10 Å². The van der Waals surface area contributed by atoms with Crippen LogP contribution in [0.15, 0.2) is 48.5 Å². The number of rotatable bonds is 5. The first-order valence-electron chi connectivity index (χ1n) is 6.90. The van der Waals surface area contributed by atoms with Crippen LogP contribution in [0.25, 0.3) is 0 Å². The van der Waals surface area contributed by atoms with Crippen molar-refractivity contribution in [3.8, 4) is 5.75 Å². The van der Waals surface area contributed by atoms with Crippen molar-refractivity contribution in [3.05, 3.63) is 59.1 Å². The first-order valence-corrected chi connectivity index (χ1v) is 7.28. The van der Waals surface area contributed by atoms with E-state index in [9.17, 15) is 4.79 Å².